The van der Waals surface area contributed by atoms with Crippen molar-refractivity contribution in [3.05, 3.63) is 88.8 Å². The number of carbonyl (C=O) groups is 2. The van der Waals surface area contributed by atoms with Gasteiger partial charge in [-0.05, 0) is 41.0 Å². The van der Waals surface area contributed by atoms with E-state index in [9.17, 15) is 14.4 Å². The highest BCUT2D eigenvalue weighted by Crippen LogP contribution is 2.40. The molecule has 1 aromatic heterocycles. The molecule has 1 saturated heterocycles. The fourth-order valence-corrected chi connectivity index (χ4v) is 5.30. The molecule has 1 fully saturated rings. The number of hydrogen-bond acceptors (Lipinski definition) is 8. The number of fused-ring (bicyclic) bond motifs is 1. The minimum absolute atomic E-state index is 0.216. The third kappa shape index (κ3) is 5.16. The summed E-state index contributed by atoms with van der Waals surface area (Å²) in [4.78, 5) is 37.4. The van der Waals surface area contributed by atoms with Crippen LogP contribution in [0.15, 0.2) is 82.0 Å². The van der Waals surface area contributed by atoms with Crippen LogP contribution in [0.2, 0.25) is 0 Å². The maximum absolute atomic E-state index is 12.7. The topological polar surface area (TPSA) is 107 Å². The molecule has 5 rings (SSSR count). The fraction of sp³-hybridized carbons (Fsp3) is 0.179. The van der Waals surface area contributed by atoms with Gasteiger partial charge in [-0.2, -0.15) is 0 Å². The van der Waals surface area contributed by atoms with Crippen LogP contribution < -0.4 is 25.3 Å². The average molecular weight is 533 g/mol. The molecule has 38 heavy (non-hydrogen) atoms. The maximum Gasteiger partial charge on any atom is 0.336 e. The molecule has 2 amide bonds. The summed E-state index contributed by atoms with van der Waals surface area (Å²) in [6.45, 7) is -0.346. The van der Waals surface area contributed by atoms with Gasteiger partial charge in [0.15, 0.2) is 18.1 Å². The molecule has 4 aromatic rings. The minimum atomic E-state index is -0.508. The van der Waals surface area contributed by atoms with E-state index < -0.39 is 16.9 Å². The van der Waals surface area contributed by atoms with Crippen LogP contribution >= 0.6 is 11.8 Å². The van der Waals surface area contributed by atoms with Crippen LogP contribution in [0.4, 0.5) is 0 Å². The molecule has 10 heteroatoms. The molecule has 1 atom stereocenters. The van der Waals surface area contributed by atoms with Crippen molar-refractivity contribution in [2.24, 2.45) is 0 Å². The van der Waals surface area contributed by atoms with E-state index in [1.165, 1.54) is 29.9 Å². The average Bonchev–Trinajstić information content (AvgIpc) is 3.30. The van der Waals surface area contributed by atoms with Crippen LogP contribution in [0.1, 0.15) is 10.9 Å². The molecular weight excluding hydrogens is 508 g/mol. The quantitative estimate of drug-likeness (QED) is 0.337. The minimum Gasteiger partial charge on any atom is -0.493 e. The monoisotopic (exact) mass is 532 g/mol. The normalized spacial score (nSPS) is 14.9. The van der Waals surface area contributed by atoms with Crippen LogP contribution in [0.5, 0.6) is 17.2 Å². The lowest BCUT2D eigenvalue weighted by Gasteiger charge is -2.25. The molecule has 9 nitrogen and oxygen atoms in total. The lowest BCUT2D eigenvalue weighted by Crippen LogP contribution is -2.46. The smallest absolute Gasteiger partial charge is 0.336 e. The number of amides is 2. The maximum atomic E-state index is 12.7. The van der Waals surface area contributed by atoms with Gasteiger partial charge in [0.05, 0.1) is 20.0 Å². The van der Waals surface area contributed by atoms with Crippen molar-refractivity contribution in [1.82, 2.24) is 10.4 Å². The van der Waals surface area contributed by atoms with Gasteiger partial charge in [0.2, 0.25) is 0 Å². The highest BCUT2D eigenvalue weighted by atomic mass is 32.2. The highest BCUT2D eigenvalue weighted by Gasteiger charge is 2.35. The van der Waals surface area contributed by atoms with Crippen LogP contribution in [-0.4, -0.2) is 43.4 Å². The zero-order valence-electron chi connectivity index (χ0n) is 20.6. The first-order chi connectivity index (χ1) is 18.5. The first-order valence-electron chi connectivity index (χ1n) is 11.7. The predicted octanol–water partition coefficient (Wildman–Crippen LogP) is 4.16. The van der Waals surface area contributed by atoms with Gasteiger partial charge < -0.3 is 18.6 Å². The van der Waals surface area contributed by atoms with E-state index in [4.69, 9.17) is 18.6 Å². The van der Waals surface area contributed by atoms with Gasteiger partial charge >= 0.3 is 5.63 Å². The van der Waals surface area contributed by atoms with Crippen molar-refractivity contribution in [2.75, 3.05) is 26.6 Å². The number of nitrogens with one attached hydrogen (secondary N) is 1. The molecule has 2 heterocycles. The summed E-state index contributed by atoms with van der Waals surface area (Å²) >= 11 is 1.39. The first-order valence-corrected chi connectivity index (χ1v) is 12.7. The van der Waals surface area contributed by atoms with E-state index in [1.807, 2.05) is 36.4 Å². The second-order valence-electron chi connectivity index (χ2n) is 8.37. The molecule has 0 saturated carbocycles. The van der Waals surface area contributed by atoms with E-state index in [0.717, 1.165) is 22.1 Å². The van der Waals surface area contributed by atoms with Gasteiger partial charge in [-0.3, -0.25) is 15.0 Å². The summed E-state index contributed by atoms with van der Waals surface area (Å²) in [7, 11) is 3.08. The molecule has 3 aromatic carbocycles. The summed E-state index contributed by atoms with van der Waals surface area (Å²) in [6.07, 6.45) is 0. The molecule has 0 spiro atoms. The van der Waals surface area contributed by atoms with Crippen molar-refractivity contribution in [1.29, 1.82) is 0 Å². The lowest BCUT2D eigenvalue weighted by molar-refractivity contribution is -0.140. The van der Waals surface area contributed by atoms with Crippen molar-refractivity contribution in [3.8, 4) is 28.4 Å². The number of ether oxygens (including phenoxy) is 3. The third-order valence-corrected chi connectivity index (χ3v) is 7.19. The standard InChI is InChI=1S/C28H24N2O7S/c1-34-22-11-8-18(12-24(22)35-2)28-30(26(32)16-38-28)29-25(31)15-36-19-9-10-20-21(17-6-4-3-5-7-17)14-27(33)37-23(20)13-19/h3-14,28H,15-16H2,1-2H3,(H,29,31). The molecular formula is C28H24N2O7S. The SMILES string of the molecule is COc1ccc(C2SCC(=O)N2NC(=O)COc2ccc3c(-c4ccccc4)cc(=O)oc3c2)cc1OC. The molecule has 1 aliphatic heterocycles. The molecule has 1 unspecified atom stereocenters. The van der Waals surface area contributed by atoms with Gasteiger partial charge in [-0.15, -0.1) is 11.8 Å². The third-order valence-electron chi connectivity index (χ3n) is 5.98. The van der Waals surface area contributed by atoms with Crippen LogP contribution in [0.3, 0.4) is 0 Å². The van der Waals surface area contributed by atoms with E-state index in [1.54, 1.807) is 37.4 Å². The Hall–Kier alpha value is -4.44. The molecule has 194 valence electrons. The second kappa shape index (κ2) is 10.9. The number of benzene rings is 3. The number of hydrogen-bond donors (Lipinski definition) is 1. The Morgan fingerprint density at radius 3 is 2.55 bits per heavy atom. The Balaban J connectivity index is 1.29. The Kier molecular flexibility index (Phi) is 7.23. The lowest BCUT2D eigenvalue weighted by atomic mass is 10.0. The summed E-state index contributed by atoms with van der Waals surface area (Å²) in [6, 6.07) is 21.4. The zero-order valence-corrected chi connectivity index (χ0v) is 21.4. The Morgan fingerprint density at radius 1 is 1.00 bits per heavy atom. The van der Waals surface area contributed by atoms with Gasteiger partial charge in [0.25, 0.3) is 11.8 Å². The molecule has 1 N–H and O–H groups in total. The van der Waals surface area contributed by atoms with Crippen molar-refractivity contribution in [3.63, 3.8) is 0 Å². The number of hydrazine groups is 1. The largest absolute Gasteiger partial charge is 0.493 e. The summed E-state index contributed by atoms with van der Waals surface area (Å²) < 4.78 is 21.7. The number of rotatable bonds is 8. The molecule has 0 bridgehead atoms. The zero-order chi connectivity index (χ0) is 26.6. The van der Waals surface area contributed by atoms with Crippen LogP contribution in [0.25, 0.3) is 22.1 Å². The van der Waals surface area contributed by atoms with Crippen molar-refractivity contribution >= 4 is 34.5 Å². The van der Waals surface area contributed by atoms with E-state index >= 15 is 0 Å². The van der Waals surface area contributed by atoms with E-state index in [0.29, 0.717) is 22.8 Å². The summed E-state index contributed by atoms with van der Waals surface area (Å²) in [5.41, 5.74) is 4.90. The number of methoxy groups -OCH3 is 2. The summed E-state index contributed by atoms with van der Waals surface area (Å²) in [5, 5.41) is 1.60. The van der Waals surface area contributed by atoms with Gasteiger partial charge in [0.1, 0.15) is 16.7 Å². The van der Waals surface area contributed by atoms with E-state index in [2.05, 4.69) is 5.43 Å². The molecule has 1 aliphatic rings. The Bertz CT molecular complexity index is 1550. The van der Waals surface area contributed by atoms with Crippen molar-refractivity contribution in [2.45, 2.75) is 5.37 Å². The number of nitrogens with zero attached hydrogens (tertiary/aromatic N) is 1. The number of carbonyl (C=O) groups excluding carboxylic acids is 2. The fourth-order valence-electron chi connectivity index (χ4n) is 4.20. The first kappa shape index (κ1) is 25.2. The summed E-state index contributed by atoms with van der Waals surface area (Å²) in [5.74, 6) is 0.914. The second-order valence-corrected chi connectivity index (χ2v) is 9.44. The highest BCUT2D eigenvalue weighted by molar-refractivity contribution is 8.00. The van der Waals surface area contributed by atoms with Crippen LogP contribution in [0, 0.1) is 0 Å². The van der Waals surface area contributed by atoms with Gasteiger partial charge in [0, 0.05) is 17.5 Å². The Morgan fingerprint density at radius 2 is 1.79 bits per heavy atom. The number of thioether (sulfide) groups is 1. The predicted molar refractivity (Wildman–Crippen MR) is 143 cm³/mol. The van der Waals surface area contributed by atoms with Crippen LogP contribution in [-0.2, 0) is 9.59 Å². The Labute approximate surface area is 222 Å². The van der Waals surface area contributed by atoms with Gasteiger partial charge in [-0.25, -0.2) is 9.80 Å². The van der Waals surface area contributed by atoms with Gasteiger partial charge in [-0.1, -0.05) is 36.4 Å². The molecule has 0 radical (unpaired) electrons. The van der Waals surface area contributed by atoms with Crippen molar-refractivity contribution < 1.29 is 28.2 Å². The van der Waals surface area contributed by atoms with E-state index in [-0.39, 0.29) is 18.3 Å². The molecule has 0 aliphatic carbocycles.